The first-order valence-corrected chi connectivity index (χ1v) is 7.11. The number of aromatic hydroxyl groups is 1. The van der Waals surface area contributed by atoms with Crippen molar-refractivity contribution in [3.8, 4) is 11.5 Å². The number of benzene rings is 1. The van der Waals surface area contributed by atoms with Crippen molar-refractivity contribution in [2.24, 2.45) is 5.92 Å². The lowest BCUT2D eigenvalue weighted by molar-refractivity contribution is 0.153. The molecule has 2 fully saturated rings. The van der Waals surface area contributed by atoms with Gasteiger partial charge in [-0.1, -0.05) is 6.07 Å². The number of hydrogen-bond donors (Lipinski definition) is 2. The minimum Gasteiger partial charge on any atom is -0.507 e. The van der Waals surface area contributed by atoms with E-state index in [1.165, 1.54) is 12.8 Å². The highest BCUT2D eigenvalue weighted by molar-refractivity contribution is 5.42. The third-order valence-electron chi connectivity index (χ3n) is 4.17. The van der Waals surface area contributed by atoms with E-state index in [1.54, 1.807) is 13.2 Å². The van der Waals surface area contributed by atoms with Crippen molar-refractivity contribution in [2.45, 2.75) is 18.9 Å². The molecular formula is C15H22N2O2. The van der Waals surface area contributed by atoms with Crippen LogP contribution in [0.15, 0.2) is 18.2 Å². The summed E-state index contributed by atoms with van der Waals surface area (Å²) in [5.41, 5.74) is 1.06. The van der Waals surface area contributed by atoms with Crippen LogP contribution in [0, 0.1) is 5.92 Å². The third-order valence-corrected chi connectivity index (χ3v) is 4.17. The summed E-state index contributed by atoms with van der Waals surface area (Å²) >= 11 is 0. The molecule has 0 aromatic heterocycles. The molecule has 0 amide bonds. The highest BCUT2D eigenvalue weighted by Crippen LogP contribution is 2.47. The Bertz CT molecular complexity index is 440. The van der Waals surface area contributed by atoms with Crippen molar-refractivity contribution in [1.82, 2.24) is 10.2 Å². The molecule has 19 heavy (non-hydrogen) atoms. The van der Waals surface area contributed by atoms with Gasteiger partial charge in [-0.2, -0.15) is 0 Å². The molecule has 104 valence electrons. The van der Waals surface area contributed by atoms with Crippen molar-refractivity contribution < 1.29 is 9.84 Å². The normalized spacial score (nSPS) is 22.2. The summed E-state index contributed by atoms with van der Waals surface area (Å²) in [4.78, 5) is 2.51. The summed E-state index contributed by atoms with van der Waals surface area (Å²) in [7, 11) is 1.63. The molecule has 2 N–H and O–H groups in total. The predicted molar refractivity (Wildman–Crippen MR) is 74.6 cm³/mol. The van der Waals surface area contributed by atoms with Crippen LogP contribution >= 0.6 is 0 Å². The summed E-state index contributed by atoms with van der Waals surface area (Å²) in [5, 5.41) is 13.7. The standard InChI is InChI=1S/C15H22N2O2/c1-19-12-4-5-13(14(18)10-12)15(11-2-3-11)17-8-6-16-7-9-17/h4-5,10-11,15-16,18H,2-3,6-9H2,1H3/t15-/m1/s1. The molecule has 1 heterocycles. The van der Waals surface area contributed by atoms with Crippen LogP contribution in [-0.2, 0) is 0 Å². The summed E-state index contributed by atoms with van der Waals surface area (Å²) in [6.07, 6.45) is 2.56. The van der Waals surface area contributed by atoms with Crippen LogP contribution in [0.4, 0.5) is 0 Å². The maximum atomic E-state index is 10.3. The number of piperazine rings is 1. The Labute approximate surface area is 114 Å². The number of nitrogens with zero attached hydrogens (tertiary/aromatic N) is 1. The average Bonchev–Trinajstić information content (AvgIpc) is 3.27. The van der Waals surface area contributed by atoms with Gasteiger partial charge < -0.3 is 15.2 Å². The number of rotatable bonds is 4. The Morgan fingerprint density at radius 1 is 1.32 bits per heavy atom. The SMILES string of the molecule is COc1ccc([C@@H](C2CC2)N2CCNCC2)c(O)c1. The van der Waals surface area contributed by atoms with Gasteiger partial charge in [0.25, 0.3) is 0 Å². The van der Waals surface area contributed by atoms with Crippen LogP contribution < -0.4 is 10.1 Å². The van der Waals surface area contributed by atoms with Crippen LogP contribution in [0.5, 0.6) is 11.5 Å². The summed E-state index contributed by atoms with van der Waals surface area (Å²) in [5.74, 6) is 1.79. The maximum absolute atomic E-state index is 10.3. The number of nitrogens with one attached hydrogen (secondary N) is 1. The molecule has 0 radical (unpaired) electrons. The minimum absolute atomic E-state index is 0.369. The molecule has 4 heteroatoms. The van der Waals surface area contributed by atoms with Gasteiger partial charge in [0.15, 0.2) is 0 Å². The van der Waals surface area contributed by atoms with Gasteiger partial charge >= 0.3 is 0 Å². The zero-order valence-corrected chi connectivity index (χ0v) is 11.4. The van der Waals surface area contributed by atoms with E-state index in [2.05, 4.69) is 10.2 Å². The average molecular weight is 262 g/mol. The molecule has 1 aromatic rings. The van der Waals surface area contributed by atoms with E-state index >= 15 is 0 Å². The monoisotopic (exact) mass is 262 g/mol. The zero-order valence-electron chi connectivity index (χ0n) is 11.4. The van der Waals surface area contributed by atoms with Gasteiger partial charge in [-0.15, -0.1) is 0 Å². The second-order valence-corrected chi connectivity index (χ2v) is 5.49. The van der Waals surface area contributed by atoms with Crippen LogP contribution in [0.2, 0.25) is 0 Å². The molecule has 4 nitrogen and oxygen atoms in total. The molecule has 1 atom stereocenters. The van der Waals surface area contributed by atoms with E-state index in [0.717, 1.165) is 37.5 Å². The first-order valence-electron chi connectivity index (χ1n) is 7.11. The van der Waals surface area contributed by atoms with E-state index in [9.17, 15) is 5.11 Å². The molecule has 0 unspecified atom stereocenters. The van der Waals surface area contributed by atoms with Gasteiger partial charge in [-0.05, 0) is 24.8 Å². The highest BCUT2D eigenvalue weighted by atomic mass is 16.5. The van der Waals surface area contributed by atoms with Crippen LogP contribution in [0.1, 0.15) is 24.4 Å². The van der Waals surface area contributed by atoms with Crippen molar-refractivity contribution >= 4 is 0 Å². The van der Waals surface area contributed by atoms with Gasteiger partial charge in [0.05, 0.1) is 7.11 Å². The lowest BCUT2D eigenvalue weighted by Crippen LogP contribution is -2.45. The van der Waals surface area contributed by atoms with Crippen molar-refractivity contribution in [3.63, 3.8) is 0 Å². The summed E-state index contributed by atoms with van der Waals surface area (Å²) in [6, 6.07) is 6.08. The van der Waals surface area contributed by atoms with Crippen molar-refractivity contribution in [3.05, 3.63) is 23.8 Å². The molecule has 1 saturated carbocycles. The van der Waals surface area contributed by atoms with Gasteiger partial charge in [0, 0.05) is 43.9 Å². The quantitative estimate of drug-likeness (QED) is 0.868. The molecule has 3 rings (SSSR count). The van der Waals surface area contributed by atoms with E-state index in [-0.39, 0.29) is 0 Å². The number of hydrogen-bond acceptors (Lipinski definition) is 4. The number of methoxy groups -OCH3 is 1. The van der Waals surface area contributed by atoms with Gasteiger partial charge in [0.1, 0.15) is 11.5 Å². The molecule has 1 aliphatic heterocycles. The van der Waals surface area contributed by atoms with E-state index < -0.39 is 0 Å². The molecular weight excluding hydrogens is 240 g/mol. The van der Waals surface area contributed by atoms with Crippen molar-refractivity contribution in [2.75, 3.05) is 33.3 Å². The molecule has 1 saturated heterocycles. The summed E-state index contributed by atoms with van der Waals surface area (Å²) in [6.45, 7) is 4.21. The lowest BCUT2D eigenvalue weighted by atomic mass is 9.98. The molecule has 0 bridgehead atoms. The smallest absolute Gasteiger partial charge is 0.124 e. The van der Waals surface area contributed by atoms with Crippen LogP contribution in [-0.4, -0.2) is 43.3 Å². The molecule has 0 spiro atoms. The van der Waals surface area contributed by atoms with E-state index in [4.69, 9.17) is 4.74 Å². The molecule has 1 aromatic carbocycles. The predicted octanol–water partition coefficient (Wildman–Crippen LogP) is 1.76. The first kappa shape index (κ1) is 12.8. The number of ether oxygens (including phenoxy) is 1. The van der Waals surface area contributed by atoms with Crippen LogP contribution in [0.3, 0.4) is 0 Å². The Hall–Kier alpha value is -1.26. The summed E-state index contributed by atoms with van der Waals surface area (Å²) < 4.78 is 5.17. The number of phenolic OH excluding ortho intramolecular Hbond substituents is 1. The van der Waals surface area contributed by atoms with Crippen LogP contribution in [0.25, 0.3) is 0 Å². The zero-order chi connectivity index (χ0) is 13.2. The fourth-order valence-corrected chi connectivity index (χ4v) is 3.02. The van der Waals surface area contributed by atoms with E-state index in [0.29, 0.717) is 17.7 Å². The Balaban J connectivity index is 1.86. The number of phenols is 1. The topological polar surface area (TPSA) is 44.7 Å². The van der Waals surface area contributed by atoms with Gasteiger partial charge in [-0.3, -0.25) is 4.90 Å². The van der Waals surface area contributed by atoms with Crippen molar-refractivity contribution in [1.29, 1.82) is 0 Å². The Kier molecular flexibility index (Phi) is 3.62. The Morgan fingerprint density at radius 3 is 2.63 bits per heavy atom. The first-order chi connectivity index (χ1) is 9.29. The molecule has 2 aliphatic rings. The Morgan fingerprint density at radius 2 is 2.05 bits per heavy atom. The molecule has 1 aliphatic carbocycles. The minimum atomic E-state index is 0.369. The lowest BCUT2D eigenvalue weighted by Gasteiger charge is -2.35. The fourth-order valence-electron chi connectivity index (χ4n) is 3.02. The largest absolute Gasteiger partial charge is 0.507 e. The maximum Gasteiger partial charge on any atom is 0.124 e. The van der Waals surface area contributed by atoms with Gasteiger partial charge in [0.2, 0.25) is 0 Å². The fraction of sp³-hybridized carbons (Fsp3) is 0.600. The second-order valence-electron chi connectivity index (χ2n) is 5.49. The van der Waals surface area contributed by atoms with Gasteiger partial charge in [-0.25, -0.2) is 0 Å². The highest BCUT2D eigenvalue weighted by Gasteiger charge is 2.37. The van der Waals surface area contributed by atoms with E-state index in [1.807, 2.05) is 12.1 Å². The second kappa shape index (κ2) is 5.39. The third kappa shape index (κ3) is 2.69.